The fraction of sp³-hybridized carbons (Fsp3) is 0.417. The van der Waals surface area contributed by atoms with Crippen LogP contribution in [0.25, 0.3) is 0 Å². The largest absolute Gasteiger partial charge is 0.234 e. The molecule has 6 heteroatoms. The van der Waals surface area contributed by atoms with Gasteiger partial charge in [-0.25, -0.2) is 17.4 Å². The Balaban J connectivity index is 3.24. The van der Waals surface area contributed by atoms with E-state index in [4.69, 9.17) is 0 Å². The molecule has 0 amide bonds. The predicted molar refractivity (Wildman–Crippen MR) is 66.4 cm³/mol. The molecule has 0 radical (unpaired) electrons. The van der Waals surface area contributed by atoms with Gasteiger partial charge in [0.15, 0.2) is 0 Å². The van der Waals surface area contributed by atoms with Gasteiger partial charge in [0.1, 0.15) is 28.4 Å². The molecule has 1 rings (SSSR count). The molecule has 0 unspecified atom stereocenters. The van der Waals surface area contributed by atoms with Gasteiger partial charge in [0, 0.05) is 12.1 Å². The zero-order valence-corrected chi connectivity index (χ0v) is 11.4. The van der Waals surface area contributed by atoms with Crippen LogP contribution in [0.2, 0.25) is 0 Å². The molecule has 18 heavy (non-hydrogen) atoms. The van der Waals surface area contributed by atoms with E-state index >= 15 is 0 Å². The molecule has 0 N–H and O–H groups in total. The molecule has 2 nitrogen and oxygen atoms in total. The Hall–Kier alpha value is -1.17. The minimum atomic E-state index is -1.63. The van der Waals surface area contributed by atoms with E-state index in [1.165, 1.54) is 6.92 Å². The molecular weight excluding hydrogens is 263 g/mol. The summed E-state index contributed by atoms with van der Waals surface area (Å²) in [7, 11) is -1.63. The molecular formula is C12H14F3NOS. The molecule has 0 saturated carbocycles. The lowest BCUT2D eigenvalue weighted by Crippen LogP contribution is -2.21. The van der Waals surface area contributed by atoms with Crippen LogP contribution < -0.4 is 0 Å². The Morgan fingerprint density at radius 2 is 1.61 bits per heavy atom. The van der Waals surface area contributed by atoms with Gasteiger partial charge >= 0.3 is 0 Å². The van der Waals surface area contributed by atoms with E-state index in [2.05, 4.69) is 4.40 Å². The molecule has 100 valence electrons. The standard InChI is InChI=1S/C12H14F3NOS/c1-7(16-18(17)12(2,3)4)11-9(14)5-8(13)6-10(11)15/h5-6H,1-4H3/b16-7+/t18-/m0/s1. The smallest absolute Gasteiger partial charge is 0.145 e. The Bertz CT molecular complexity index is 498. The number of rotatable bonds is 2. The highest BCUT2D eigenvalue weighted by molar-refractivity contribution is 7.85. The molecule has 0 aliphatic rings. The highest BCUT2D eigenvalue weighted by Crippen LogP contribution is 2.18. The first-order valence-electron chi connectivity index (χ1n) is 5.25. The van der Waals surface area contributed by atoms with Gasteiger partial charge in [-0.2, -0.15) is 4.40 Å². The molecule has 0 aromatic heterocycles. The van der Waals surface area contributed by atoms with Crippen molar-refractivity contribution in [2.75, 3.05) is 0 Å². The van der Waals surface area contributed by atoms with Crippen LogP contribution in [0.15, 0.2) is 16.5 Å². The van der Waals surface area contributed by atoms with Crippen LogP contribution >= 0.6 is 0 Å². The fourth-order valence-electron chi connectivity index (χ4n) is 1.19. The van der Waals surface area contributed by atoms with E-state index in [1.807, 2.05) is 0 Å². The molecule has 0 aliphatic heterocycles. The molecule has 0 saturated heterocycles. The van der Waals surface area contributed by atoms with E-state index in [-0.39, 0.29) is 5.71 Å². The summed E-state index contributed by atoms with van der Waals surface area (Å²) in [5.74, 6) is -3.11. The van der Waals surface area contributed by atoms with Crippen molar-refractivity contribution >= 4 is 16.7 Å². The fourth-order valence-corrected chi connectivity index (χ4v) is 1.81. The number of hydrogen-bond donors (Lipinski definition) is 0. The summed E-state index contributed by atoms with van der Waals surface area (Å²) in [6, 6.07) is 1.13. The zero-order valence-electron chi connectivity index (χ0n) is 10.6. The molecule has 1 atom stereocenters. The van der Waals surface area contributed by atoms with E-state index < -0.39 is 38.7 Å². The van der Waals surface area contributed by atoms with E-state index in [0.29, 0.717) is 12.1 Å². The van der Waals surface area contributed by atoms with Crippen LogP contribution in [0.4, 0.5) is 13.2 Å². The van der Waals surface area contributed by atoms with E-state index in [0.717, 1.165) is 0 Å². The van der Waals surface area contributed by atoms with Gasteiger partial charge in [-0.3, -0.25) is 0 Å². The van der Waals surface area contributed by atoms with Gasteiger partial charge in [-0.1, -0.05) is 0 Å². The Kier molecular flexibility index (Phi) is 4.32. The second-order valence-electron chi connectivity index (χ2n) is 4.78. The van der Waals surface area contributed by atoms with Gasteiger partial charge in [0.05, 0.1) is 16.0 Å². The van der Waals surface area contributed by atoms with E-state index in [9.17, 15) is 17.4 Å². The van der Waals surface area contributed by atoms with Crippen LogP contribution in [0.3, 0.4) is 0 Å². The van der Waals surface area contributed by atoms with Crippen LogP contribution in [-0.2, 0) is 11.0 Å². The molecule has 0 heterocycles. The van der Waals surface area contributed by atoms with Gasteiger partial charge < -0.3 is 0 Å². The summed E-state index contributed by atoms with van der Waals surface area (Å²) < 4.78 is 54.5. The highest BCUT2D eigenvalue weighted by Gasteiger charge is 2.21. The molecule has 0 spiro atoms. The van der Waals surface area contributed by atoms with Crippen LogP contribution in [0, 0.1) is 17.5 Å². The highest BCUT2D eigenvalue weighted by atomic mass is 32.2. The van der Waals surface area contributed by atoms with Crippen molar-refractivity contribution in [3.8, 4) is 0 Å². The minimum absolute atomic E-state index is 0.0572. The minimum Gasteiger partial charge on any atom is -0.234 e. The molecule has 0 aliphatic carbocycles. The van der Waals surface area contributed by atoms with Crippen LogP contribution in [0.5, 0.6) is 0 Å². The maximum absolute atomic E-state index is 13.4. The lowest BCUT2D eigenvalue weighted by molar-refractivity contribution is 0.540. The molecule has 1 aromatic carbocycles. The summed E-state index contributed by atoms with van der Waals surface area (Å²) in [5.41, 5.74) is -0.507. The second-order valence-corrected chi connectivity index (χ2v) is 6.69. The first kappa shape index (κ1) is 14.9. The second kappa shape index (κ2) is 5.22. The third-order valence-electron chi connectivity index (χ3n) is 2.11. The first-order chi connectivity index (χ1) is 8.12. The van der Waals surface area contributed by atoms with Crippen molar-refractivity contribution in [1.82, 2.24) is 0 Å². The van der Waals surface area contributed by atoms with Gasteiger partial charge in [-0.05, 0) is 27.7 Å². The summed E-state index contributed by atoms with van der Waals surface area (Å²) in [6.45, 7) is 6.41. The monoisotopic (exact) mass is 277 g/mol. The van der Waals surface area contributed by atoms with Crippen molar-refractivity contribution in [3.63, 3.8) is 0 Å². The van der Waals surface area contributed by atoms with Crippen LogP contribution in [-0.4, -0.2) is 14.7 Å². The topological polar surface area (TPSA) is 29.4 Å². The Labute approximate surface area is 107 Å². The third-order valence-corrected chi connectivity index (χ3v) is 3.60. The third kappa shape index (κ3) is 3.41. The maximum atomic E-state index is 13.4. The predicted octanol–water partition coefficient (Wildman–Crippen LogP) is 3.38. The number of benzene rings is 1. The first-order valence-corrected chi connectivity index (χ1v) is 6.36. The van der Waals surface area contributed by atoms with Crippen molar-refractivity contribution < 1.29 is 17.4 Å². The molecule has 0 bridgehead atoms. The number of nitrogens with zero attached hydrogens (tertiary/aromatic N) is 1. The normalized spacial score (nSPS) is 14.7. The summed E-state index contributed by atoms with van der Waals surface area (Å²) in [4.78, 5) is 0. The van der Waals surface area contributed by atoms with Crippen molar-refractivity contribution in [1.29, 1.82) is 0 Å². The average molecular weight is 277 g/mol. The number of halogens is 3. The van der Waals surface area contributed by atoms with Gasteiger partial charge in [-0.15, -0.1) is 0 Å². The summed E-state index contributed by atoms with van der Waals surface area (Å²) >= 11 is 0. The van der Waals surface area contributed by atoms with Crippen molar-refractivity contribution in [2.45, 2.75) is 32.4 Å². The van der Waals surface area contributed by atoms with Crippen molar-refractivity contribution in [2.24, 2.45) is 4.40 Å². The van der Waals surface area contributed by atoms with Gasteiger partial charge in [0.2, 0.25) is 0 Å². The summed E-state index contributed by atoms with van der Waals surface area (Å²) in [5, 5.41) is 0. The van der Waals surface area contributed by atoms with Crippen molar-refractivity contribution in [3.05, 3.63) is 35.1 Å². The van der Waals surface area contributed by atoms with Gasteiger partial charge in [0.25, 0.3) is 0 Å². The van der Waals surface area contributed by atoms with E-state index in [1.54, 1.807) is 20.8 Å². The Morgan fingerprint density at radius 1 is 1.17 bits per heavy atom. The lowest BCUT2D eigenvalue weighted by Gasteiger charge is -2.14. The SMILES string of the molecule is C/C(=N\[S@@](=O)C(C)(C)C)c1c(F)cc(F)cc1F. The quantitative estimate of drug-likeness (QED) is 0.762. The lowest BCUT2D eigenvalue weighted by atomic mass is 10.1. The number of hydrogen-bond acceptors (Lipinski definition) is 1. The maximum Gasteiger partial charge on any atom is 0.145 e. The molecule has 1 aromatic rings. The zero-order chi connectivity index (χ0) is 14.1. The summed E-state index contributed by atoms with van der Waals surface area (Å²) in [6.07, 6.45) is 0. The Morgan fingerprint density at radius 3 is 2.00 bits per heavy atom. The average Bonchev–Trinajstić information content (AvgIpc) is 2.13. The van der Waals surface area contributed by atoms with Crippen LogP contribution in [0.1, 0.15) is 33.3 Å². The molecule has 0 fully saturated rings.